The van der Waals surface area contributed by atoms with E-state index in [1.807, 2.05) is 0 Å². The van der Waals surface area contributed by atoms with Crippen LogP contribution in [0, 0.1) is 22.7 Å². The lowest BCUT2D eigenvalue weighted by molar-refractivity contribution is -0.193. The van der Waals surface area contributed by atoms with Gasteiger partial charge < -0.3 is 20.2 Å². The van der Waals surface area contributed by atoms with Gasteiger partial charge in [0, 0.05) is 30.8 Å². The highest BCUT2D eigenvalue weighted by Crippen LogP contribution is 2.68. The summed E-state index contributed by atoms with van der Waals surface area (Å²) in [6.45, 7) is 4.53. The highest BCUT2D eigenvalue weighted by molar-refractivity contribution is 5.82. The Bertz CT molecular complexity index is 909. The number of allylic oxidation sites excluding steroid dienone is 1. The molecule has 4 aliphatic carbocycles. The maximum Gasteiger partial charge on any atom is 0.0796 e. The molecule has 4 heteroatoms. The van der Waals surface area contributed by atoms with Crippen molar-refractivity contribution in [3.05, 3.63) is 35.4 Å². The average molecular weight is 426 g/mol. The third-order valence-corrected chi connectivity index (χ3v) is 10.1. The van der Waals surface area contributed by atoms with Gasteiger partial charge in [0.15, 0.2) is 0 Å². The Morgan fingerprint density at radius 2 is 1.65 bits per heavy atom. The first-order chi connectivity index (χ1) is 14.6. The van der Waals surface area contributed by atoms with Gasteiger partial charge in [0.2, 0.25) is 0 Å². The van der Waals surface area contributed by atoms with Crippen LogP contribution < -0.4 is 4.90 Å². The largest absolute Gasteiger partial charge is 0.392 e. The summed E-state index contributed by atoms with van der Waals surface area (Å²) in [5.74, 6) is 0.645. The van der Waals surface area contributed by atoms with Crippen molar-refractivity contribution in [1.82, 2.24) is 0 Å². The summed E-state index contributed by atoms with van der Waals surface area (Å²) in [6, 6.07) is 8.45. The molecule has 0 spiro atoms. The lowest BCUT2D eigenvalue weighted by Crippen LogP contribution is -2.61. The lowest BCUT2D eigenvalue weighted by atomic mass is 9.45. The Morgan fingerprint density at radius 3 is 2.39 bits per heavy atom. The topological polar surface area (TPSA) is 63.9 Å². The smallest absolute Gasteiger partial charge is 0.0796 e. The van der Waals surface area contributed by atoms with E-state index < -0.39 is 11.7 Å². The summed E-state index contributed by atoms with van der Waals surface area (Å²) in [7, 11) is 4.14. The van der Waals surface area contributed by atoms with Gasteiger partial charge in [0.25, 0.3) is 0 Å². The van der Waals surface area contributed by atoms with Gasteiger partial charge in [-0.15, -0.1) is 0 Å². The van der Waals surface area contributed by atoms with Gasteiger partial charge in [-0.2, -0.15) is 0 Å². The van der Waals surface area contributed by atoms with E-state index >= 15 is 0 Å². The van der Waals surface area contributed by atoms with Crippen LogP contribution in [0.1, 0.15) is 70.8 Å². The second-order valence-electron chi connectivity index (χ2n) is 11.5. The predicted octanol–water partition coefficient (Wildman–Crippen LogP) is 4.38. The number of aliphatic hydroxyl groups is 3. The lowest BCUT2D eigenvalue weighted by Gasteiger charge is -2.61. The molecule has 4 nitrogen and oxygen atoms in total. The van der Waals surface area contributed by atoms with Crippen LogP contribution >= 0.6 is 0 Å². The van der Waals surface area contributed by atoms with Crippen LogP contribution in [-0.4, -0.2) is 47.2 Å². The number of hydrogen-bond donors (Lipinski definition) is 3. The monoisotopic (exact) mass is 425 g/mol. The summed E-state index contributed by atoms with van der Waals surface area (Å²) >= 11 is 0. The van der Waals surface area contributed by atoms with E-state index in [2.05, 4.69) is 57.1 Å². The molecular weight excluding hydrogens is 386 g/mol. The summed E-state index contributed by atoms with van der Waals surface area (Å²) in [5, 5.41) is 33.9. The molecule has 1 aromatic rings. The number of hydrogen-bond acceptors (Lipinski definition) is 4. The first kappa shape index (κ1) is 21.5. The van der Waals surface area contributed by atoms with Crippen LogP contribution in [0.5, 0.6) is 0 Å². The van der Waals surface area contributed by atoms with Crippen LogP contribution in [-0.2, 0) is 0 Å². The minimum atomic E-state index is -0.762. The fourth-order valence-corrected chi connectivity index (χ4v) is 8.24. The molecule has 31 heavy (non-hydrogen) atoms. The van der Waals surface area contributed by atoms with Crippen molar-refractivity contribution in [2.24, 2.45) is 22.7 Å². The number of benzene rings is 1. The Morgan fingerprint density at radius 1 is 0.903 bits per heavy atom. The van der Waals surface area contributed by atoms with Crippen LogP contribution in [0.3, 0.4) is 0 Å². The zero-order valence-corrected chi connectivity index (χ0v) is 19.6. The third kappa shape index (κ3) is 2.77. The molecule has 0 saturated heterocycles. The van der Waals surface area contributed by atoms with E-state index in [-0.39, 0.29) is 22.9 Å². The fourth-order valence-electron chi connectivity index (χ4n) is 8.24. The molecule has 0 unspecified atom stereocenters. The van der Waals surface area contributed by atoms with Crippen molar-refractivity contribution in [1.29, 1.82) is 0 Å². The third-order valence-electron chi connectivity index (χ3n) is 10.1. The van der Waals surface area contributed by atoms with E-state index in [9.17, 15) is 15.3 Å². The Labute approximate surface area is 187 Å². The number of rotatable bonds is 2. The second-order valence-corrected chi connectivity index (χ2v) is 11.5. The second kappa shape index (κ2) is 7.07. The molecule has 0 aromatic heterocycles. The van der Waals surface area contributed by atoms with Gasteiger partial charge in [-0.05, 0) is 80.3 Å². The molecule has 3 N–H and O–H groups in total. The number of aliphatic hydroxyl groups excluding tert-OH is 2. The van der Waals surface area contributed by atoms with Crippen LogP contribution in [0.25, 0.3) is 5.57 Å². The van der Waals surface area contributed by atoms with Crippen LogP contribution in [0.15, 0.2) is 29.8 Å². The zero-order valence-electron chi connectivity index (χ0n) is 19.6. The standard InChI is InChI=1S/C27H39NO3/c1-25-14-12-22(29)24(17-7-5-6-8-21(17)28(3)4)20(25)10-9-19-18(25)11-15-26(2)23(30)13-16-27(19,26)31/h5-8,18-19,22-23,29-31H,9-16H2,1-4H3/t18-,19+,22-,23-,25+,26+,27-/m0/s1. The van der Waals surface area contributed by atoms with Crippen molar-refractivity contribution in [2.45, 2.75) is 83.0 Å². The molecule has 7 atom stereocenters. The molecule has 5 rings (SSSR count). The highest BCUT2D eigenvalue weighted by Gasteiger charge is 2.66. The molecule has 170 valence electrons. The van der Waals surface area contributed by atoms with Crippen molar-refractivity contribution in [2.75, 3.05) is 19.0 Å². The Hall–Kier alpha value is -1.36. The normalized spacial score (nSPS) is 44.5. The zero-order chi connectivity index (χ0) is 22.2. The van der Waals surface area contributed by atoms with Crippen molar-refractivity contribution < 1.29 is 15.3 Å². The van der Waals surface area contributed by atoms with Gasteiger partial charge in [0.1, 0.15) is 0 Å². The molecule has 0 amide bonds. The molecule has 0 radical (unpaired) electrons. The van der Waals surface area contributed by atoms with Gasteiger partial charge >= 0.3 is 0 Å². The maximum absolute atomic E-state index is 12.0. The number of fused-ring (bicyclic) bond motifs is 5. The van der Waals surface area contributed by atoms with Gasteiger partial charge in [0.05, 0.1) is 17.8 Å². The minimum absolute atomic E-state index is 0.00149. The molecule has 3 fully saturated rings. The first-order valence-corrected chi connectivity index (χ1v) is 12.2. The molecule has 0 aliphatic heterocycles. The quantitative estimate of drug-likeness (QED) is 0.658. The van der Waals surface area contributed by atoms with E-state index in [0.29, 0.717) is 5.92 Å². The minimum Gasteiger partial charge on any atom is -0.392 e. The van der Waals surface area contributed by atoms with Gasteiger partial charge in [-0.25, -0.2) is 0 Å². The average Bonchev–Trinajstić information content (AvgIpc) is 2.98. The SMILES string of the molecule is CN(C)c1ccccc1C1=C2CC[C@@H]3[C@H](CC[C@]4(C)[C@@H](O)CC[C@]34O)[C@@]2(C)CC[C@@H]1O. The van der Waals surface area contributed by atoms with E-state index in [1.165, 1.54) is 5.57 Å². The number of nitrogens with zero attached hydrogens (tertiary/aromatic N) is 1. The first-order valence-electron chi connectivity index (χ1n) is 12.2. The Kier molecular flexibility index (Phi) is 4.90. The molecule has 0 heterocycles. The molecule has 3 saturated carbocycles. The number of para-hydroxylation sites is 1. The predicted molar refractivity (Wildman–Crippen MR) is 125 cm³/mol. The summed E-state index contributed by atoms with van der Waals surface area (Å²) in [6.07, 6.45) is 6.21. The van der Waals surface area contributed by atoms with E-state index in [0.717, 1.165) is 68.2 Å². The molecule has 4 aliphatic rings. The molecular formula is C27H39NO3. The fraction of sp³-hybridized carbons (Fsp3) is 0.704. The Balaban J connectivity index is 1.62. The van der Waals surface area contributed by atoms with Gasteiger partial charge in [-0.3, -0.25) is 0 Å². The van der Waals surface area contributed by atoms with Crippen molar-refractivity contribution in [3.8, 4) is 0 Å². The van der Waals surface area contributed by atoms with Crippen LogP contribution in [0.2, 0.25) is 0 Å². The van der Waals surface area contributed by atoms with Gasteiger partial charge in [-0.1, -0.05) is 37.6 Å². The van der Waals surface area contributed by atoms with Crippen molar-refractivity contribution >= 4 is 11.3 Å². The van der Waals surface area contributed by atoms with E-state index in [1.54, 1.807) is 0 Å². The maximum atomic E-state index is 12.0. The summed E-state index contributed by atoms with van der Waals surface area (Å²) in [4.78, 5) is 2.14. The summed E-state index contributed by atoms with van der Waals surface area (Å²) < 4.78 is 0. The molecule has 0 bridgehead atoms. The van der Waals surface area contributed by atoms with Crippen LogP contribution in [0.4, 0.5) is 5.69 Å². The number of anilines is 1. The summed E-state index contributed by atoms with van der Waals surface area (Å²) in [5.41, 5.74) is 3.75. The van der Waals surface area contributed by atoms with E-state index in [4.69, 9.17) is 0 Å². The molecule has 1 aromatic carbocycles. The van der Waals surface area contributed by atoms with Crippen molar-refractivity contribution in [3.63, 3.8) is 0 Å². The highest BCUT2D eigenvalue weighted by atomic mass is 16.3.